The second-order valence-corrected chi connectivity index (χ2v) is 7.45. The lowest BCUT2D eigenvalue weighted by molar-refractivity contribution is -0.384. The maximum atomic E-state index is 10.7. The molecular formula is C20H24N4O4S. The summed E-state index contributed by atoms with van der Waals surface area (Å²) in [5.74, 6) is 2.19. The summed E-state index contributed by atoms with van der Waals surface area (Å²) < 4.78 is 10.6. The van der Waals surface area contributed by atoms with Gasteiger partial charge in [-0.25, -0.2) is 4.99 Å². The Balaban J connectivity index is 1.45. The van der Waals surface area contributed by atoms with E-state index in [1.54, 1.807) is 38.1 Å². The Morgan fingerprint density at radius 3 is 2.48 bits per heavy atom. The van der Waals surface area contributed by atoms with E-state index in [0.29, 0.717) is 6.67 Å². The van der Waals surface area contributed by atoms with Gasteiger partial charge < -0.3 is 14.8 Å². The normalized spacial score (nSPS) is 14.1. The fourth-order valence-corrected chi connectivity index (χ4v) is 3.70. The van der Waals surface area contributed by atoms with Gasteiger partial charge in [0.2, 0.25) is 0 Å². The summed E-state index contributed by atoms with van der Waals surface area (Å²) in [4.78, 5) is 17.1. The Morgan fingerprint density at radius 1 is 1.14 bits per heavy atom. The monoisotopic (exact) mass is 416 g/mol. The molecule has 0 fully saturated rings. The van der Waals surface area contributed by atoms with Crippen molar-refractivity contribution >= 4 is 22.6 Å². The number of methoxy groups -OCH3 is 2. The minimum atomic E-state index is -0.389. The zero-order valence-electron chi connectivity index (χ0n) is 16.5. The van der Waals surface area contributed by atoms with Gasteiger partial charge in [-0.2, -0.15) is 0 Å². The van der Waals surface area contributed by atoms with Crippen molar-refractivity contribution in [3.05, 3.63) is 63.7 Å². The first kappa shape index (κ1) is 20.9. The number of nitro benzene ring substituents is 1. The SMILES string of the molecule is COc1ccc(CCN2CN=C(SCc3ccc([N+](=O)[O-])cc3)NC2)cc1OC. The topological polar surface area (TPSA) is 89.2 Å². The molecule has 0 amide bonds. The van der Waals surface area contributed by atoms with Crippen LogP contribution in [0.4, 0.5) is 5.69 Å². The molecule has 0 saturated carbocycles. The number of nitro groups is 1. The molecule has 154 valence electrons. The molecule has 0 bridgehead atoms. The average Bonchev–Trinajstić information content (AvgIpc) is 2.77. The molecule has 0 radical (unpaired) electrons. The minimum Gasteiger partial charge on any atom is -0.493 e. The molecule has 0 aliphatic carbocycles. The Kier molecular flexibility index (Phi) is 7.31. The Bertz CT molecular complexity index is 873. The van der Waals surface area contributed by atoms with Crippen LogP contribution < -0.4 is 14.8 Å². The predicted molar refractivity (Wildman–Crippen MR) is 115 cm³/mol. The smallest absolute Gasteiger partial charge is 0.269 e. The van der Waals surface area contributed by atoms with Crippen LogP contribution in [-0.2, 0) is 12.2 Å². The highest BCUT2D eigenvalue weighted by molar-refractivity contribution is 8.13. The van der Waals surface area contributed by atoms with Crippen molar-refractivity contribution in [2.75, 3.05) is 34.1 Å². The van der Waals surface area contributed by atoms with Gasteiger partial charge in [-0.05, 0) is 29.7 Å². The van der Waals surface area contributed by atoms with Crippen LogP contribution in [-0.4, -0.2) is 49.1 Å². The molecule has 1 aliphatic heterocycles. The number of hydrogen-bond donors (Lipinski definition) is 1. The first-order chi connectivity index (χ1) is 14.1. The molecule has 2 aromatic rings. The van der Waals surface area contributed by atoms with Crippen molar-refractivity contribution in [1.82, 2.24) is 10.2 Å². The molecule has 8 nitrogen and oxygen atoms in total. The Hall–Kier alpha value is -2.78. The fraction of sp³-hybridized carbons (Fsp3) is 0.350. The van der Waals surface area contributed by atoms with Crippen LogP contribution in [0.5, 0.6) is 11.5 Å². The molecule has 0 saturated heterocycles. The molecular weight excluding hydrogens is 392 g/mol. The average molecular weight is 417 g/mol. The van der Waals surface area contributed by atoms with Crippen LogP contribution in [0.1, 0.15) is 11.1 Å². The van der Waals surface area contributed by atoms with Gasteiger partial charge in [0, 0.05) is 24.4 Å². The van der Waals surface area contributed by atoms with Gasteiger partial charge in [0.05, 0.1) is 32.5 Å². The number of nitrogens with one attached hydrogen (secondary N) is 1. The van der Waals surface area contributed by atoms with Crippen molar-refractivity contribution in [3.8, 4) is 11.5 Å². The second-order valence-electron chi connectivity index (χ2n) is 6.49. The van der Waals surface area contributed by atoms with Crippen molar-refractivity contribution in [3.63, 3.8) is 0 Å². The van der Waals surface area contributed by atoms with Gasteiger partial charge in [-0.15, -0.1) is 0 Å². The predicted octanol–water partition coefficient (Wildman–Crippen LogP) is 3.26. The van der Waals surface area contributed by atoms with Gasteiger partial charge in [-0.1, -0.05) is 30.0 Å². The maximum Gasteiger partial charge on any atom is 0.269 e. The summed E-state index contributed by atoms with van der Waals surface area (Å²) in [6.07, 6.45) is 0.892. The fourth-order valence-electron chi connectivity index (χ4n) is 2.88. The van der Waals surface area contributed by atoms with Gasteiger partial charge in [0.15, 0.2) is 16.7 Å². The molecule has 1 heterocycles. The standard InChI is InChI=1S/C20H24N4O4S/c1-27-18-8-5-15(11-19(18)28-2)9-10-23-13-21-20(22-14-23)29-12-16-3-6-17(7-4-16)24(25)26/h3-8,11H,9-10,12-14H2,1-2H3,(H,21,22). The van der Waals surface area contributed by atoms with E-state index in [9.17, 15) is 10.1 Å². The van der Waals surface area contributed by atoms with Crippen LogP contribution in [0.25, 0.3) is 0 Å². The molecule has 0 aromatic heterocycles. The highest BCUT2D eigenvalue weighted by Crippen LogP contribution is 2.27. The lowest BCUT2D eigenvalue weighted by atomic mass is 10.1. The summed E-state index contributed by atoms with van der Waals surface area (Å²) in [6, 6.07) is 12.6. The maximum absolute atomic E-state index is 10.7. The molecule has 3 rings (SSSR count). The summed E-state index contributed by atoms with van der Waals surface area (Å²) in [5, 5.41) is 14.9. The van der Waals surface area contributed by atoms with Crippen molar-refractivity contribution in [2.45, 2.75) is 12.2 Å². The number of hydrogen-bond acceptors (Lipinski definition) is 8. The molecule has 1 N–H and O–H groups in total. The van der Waals surface area contributed by atoms with Crippen LogP contribution in [0.3, 0.4) is 0 Å². The number of amidine groups is 1. The van der Waals surface area contributed by atoms with E-state index in [0.717, 1.165) is 47.6 Å². The first-order valence-electron chi connectivity index (χ1n) is 9.16. The summed E-state index contributed by atoms with van der Waals surface area (Å²) >= 11 is 1.60. The Morgan fingerprint density at radius 2 is 1.86 bits per heavy atom. The van der Waals surface area contributed by atoms with E-state index in [2.05, 4.69) is 15.2 Å². The van der Waals surface area contributed by atoms with Gasteiger partial charge >= 0.3 is 0 Å². The third-order valence-electron chi connectivity index (χ3n) is 4.56. The highest BCUT2D eigenvalue weighted by Gasteiger charge is 2.13. The lowest BCUT2D eigenvalue weighted by Crippen LogP contribution is -2.42. The third kappa shape index (κ3) is 5.85. The zero-order chi connectivity index (χ0) is 20.6. The van der Waals surface area contributed by atoms with E-state index < -0.39 is 0 Å². The first-order valence-corrected chi connectivity index (χ1v) is 10.2. The minimum absolute atomic E-state index is 0.108. The largest absolute Gasteiger partial charge is 0.493 e. The number of non-ortho nitro benzene ring substituents is 1. The van der Waals surface area contributed by atoms with Crippen molar-refractivity contribution < 1.29 is 14.4 Å². The van der Waals surface area contributed by atoms with E-state index in [1.165, 1.54) is 17.7 Å². The van der Waals surface area contributed by atoms with Gasteiger partial charge in [0.25, 0.3) is 5.69 Å². The lowest BCUT2D eigenvalue weighted by Gasteiger charge is -2.26. The van der Waals surface area contributed by atoms with Crippen LogP contribution in [0, 0.1) is 10.1 Å². The third-order valence-corrected chi connectivity index (χ3v) is 5.58. The van der Waals surface area contributed by atoms with Gasteiger partial charge in [0.1, 0.15) is 0 Å². The van der Waals surface area contributed by atoms with Gasteiger partial charge in [-0.3, -0.25) is 15.0 Å². The van der Waals surface area contributed by atoms with Crippen molar-refractivity contribution in [1.29, 1.82) is 0 Å². The number of nitrogens with zero attached hydrogens (tertiary/aromatic N) is 3. The number of aliphatic imine (C=N–C) groups is 1. The van der Waals surface area contributed by atoms with E-state index in [4.69, 9.17) is 9.47 Å². The molecule has 2 aromatic carbocycles. The second kappa shape index (κ2) is 10.1. The number of thioether (sulfide) groups is 1. The number of benzene rings is 2. The van der Waals surface area contributed by atoms with Crippen LogP contribution >= 0.6 is 11.8 Å². The molecule has 29 heavy (non-hydrogen) atoms. The molecule has 0 spiro atoms. The number of rotatable bonds is 8. The highest BCUT2D eigenvalue weighted by atomic mass is 32.2. The summed E-state index contributed by atoms with van der Waals surface area (Å²) in [7, 11) is 3.27. The van der Waals surface area contributed by atoms with E-state index in [-0.39, 0.29) is 10.6 Å². The molecule has 9 heteroatoms. The number of ether oxygens (including phenoxy) is 2. The van der Waals surface area contributed by atoms with Crippen LogP contribution in [0.2, 0.25) is 0 Å². The van der Waals surface area contributed by atoms with Crippen LogP contribution in [0.15, 0.2) is 47.5 Å². The Labute approximate surface area is 174 Å². The molecule has 1 aliphatic rings. The van der Waals surface area contributed by atoms with E-state index in [1.807, 2.05) is 18.2 Å². The zero-order valence-corrected chi connectivity index (χ0v) is 17.3. The summed E-state index contributed by atoms with van der Waals surface area (Å²) in [5.41, 5.74) is 2.32. The summed E-state index contributed by atoms with van der Waals surface area (Å²) in [6.45, 7) is 2.26. The van der Waals surface area contributed by atoms with E-state index >= 15 is 0 Å². The molecule has 0 atom stereocenters. The quantitative estimate of drug-likeness (QED) is 0.522. The molecule has 0 unspecified atom stereocenters. The van der Waals surface area contributed by atoms with Crippen molar-refractivity contribution in [2.24, 2.45) is 4.99 Å².